The van der Waals surface area contributed by atoms with Crippen molar-refractivity contribution < 1.29 is 24.5 Å². The molecule has 0 saturated carbocycles. The molecule has 2 heterocycles. The van der Waals surface area contributed by atoms with Gasteiger partial charge in [0.25, 0.3) is 0 Å². The molecular formula is C17H22ClN3O5S. The predicted molar refractivity (Wildman–Crippen MR) is 106 cm³/mol. The van der Waals surface area contributed by atoms with E-state index in [9.17, 15) is 9.59 Å². The highest BCUT2D eigenvalue weighted by Crippen LogP contribution is 2.26. The Kier molecular flexibility index (Phi) is 9.13. The van der Waals surface area contributed by atoms with Crippen LogP contribution in [0.2, 0.25) is 5.02 Å². The molecule has 0 radical (unpaired) electrons. The molecule has 1 unspecified atom stereocenters. The molecule has 0 fully saturated rings. The molecule has 8 nitrogen and oxygen atoms in total. The molecule has 1 atom stereocenters. The van der Waals surface area contributed by atoms with E-state index in [2.05, 4.69) is 24.0 Å². The molecule has 1 aromatic heterocycles. The molecule has 148 valence electrons. The van der Waals surface area contributed by atoms with Gasteiger partial charge in [-0.25, -0.2) is 14.6 Å². The van der Waals surface area contributed by atoms with Crippen LogP contribution in [0.3, 0.4) is 0 Å². The minimum Gasteiger partial charge on any atom is -0.478 e. The van der Waals surface area contributed by atoms with Crippen LogP contribution in [0.15, 0.2) is 24.4 Å². The van der Waals surface area contributed by atoms with Gasteiger partial charge in [0.05, 0.1) is 17.1 Å². The summed E-state index contributed by atoms with van der Waals surface area (Å²) in [6, 6.07) is 1.82. The number of hydrogen-bond acceptors (Lipinski definition) is 6. The second kappa shape index (κ2) is 10.8. The van der Waals surface area contributed by atoms with E-state index in [-0.39, 0.29) is 6.10 Å². The number of halogens is 1. The fourth-order valence-electron chi connectivity index (χ4n) is 2.16. The highest BCUT2D eigenvalue weighted by Gasteiger charge is 2.25. The van der Waals surface area contributed by atoms with Gasteiger partial charge in [0.2, 0.25) is 5.88 Å². The number of thiocarbonyl (C=S) groups is 1. The number of pyridine rings is 1. The Morgan fingerprint density at radius 3 is 2.52 bits per heavy atom. The Balaban J connectivity index is 0.000000387. The zero-order chi connectivity index (χ0) is 20.6. The second-order valence-corrected chi connectivity index (χ2v) is 6.86. The number of rotatable bonds is 5. The lowest BCUT2D eigenvalue weighted by molar-refractivity contribution is -0.134. The van der Waals surface area contributed by atoms with Crippen LogP contribution in [0.4, 0.5) is 0 Å². The largest absolute Gasteiger partial charge is 0.478 e. The summed E-state index contributed by atoms with van der Waals surface area (Å²) in [5.41, 5.74) is 0.803. The van der Waals surface area contributed by atoms with Gasteiger partial charge in [-0.1, -0.05) is 23.8 Å². The zero-order valence-electron chi connectivity index (χ0n) is 15.3. The summed E-state index contributed by atoms with van der Waals surface area (Å²) in [7, 11) is 6.08. The first-order valence-electron chi connectivity index (χ1n) is 7.96. The number of aromatic nitrogens is 1. The van der Waals surface area contributed by atoms with Gasteiger partial charge in [0.1, 0.15) is 11.1 Å². The van der Waals surface area contributed by atoms with Crippen LogP contribution in [-0.4, -0.2) is 82.3 Å². The van der Waals surface area contributed by atoms with Crippen LogP contribution in [0, 0.1) is 0 Å². The molecule has 0 spiro atoms. The van der Waals surface area contributed by atoms with Gasteiger partial charge in [0.15, 0.2) is 0 Å². The lowest BCUT2D eigenvalue weighted by Crippen LogP contribution is -2.35. The normalized spacial score (nSPS) is 16.3. The lowest BCUT2D eigenvalue weighted by Gasteiger charge is -2.22. The van der Waals surface area contributed by atoms with Gasteiger partial charge < -0.3 is 24.7 Å². The van der Waals surface area contributed by atoms with Crippen LogP contribution in [-0.2, 0) is 9.59 Å². The molecule has 0 saturated heterocycles. The Morgan fingerprint density at radius 1 is 1.41 bits per heavy atom. The molecule has 0 aromatic carbocycles. The minimum absolute atomic E-state index is 0.0836. The number of aliphatic carboxylic acids is 2. The fraction of sp³-hybridized carbons (Fsp3) is 0.412. The predicted octanol–water partition coefficient (Wildman–Crippen LogP) is 1.77. The van der Waals surface area contributed by atoms with Crippen LogP contribution < -0.4 is 4.74 Å². The van der Waals surface area contributed by atoms with Crippen molar-refractivity contribution in [2.45, 2.75) is 12.5 Å². The second-order valence-electron chi connectivity index (χ2n) is 6.03. The molecule has 27 heavy (non-hydrogen) atoms. The number of fused-ring (bicyclic) bond motifs is 1. The third-order valence-electron chi connectivity index (χ3n) is 3.42. The highest BCUT2D eigenvalue weighted by atomic mass is 35.5. The standard InChI is InChI=1S/C13H18ClN3OS.C4H4O4/c1-16(2)5-4-10-8-17(3)13(19)11-6-9(14)7-15-12(11)18-10;5-3(6)1-2-4(7)8/h6-7,10H,4-5,8H2,1-3H3;1-2H,(H,5,6)(H,7,8)/b;2-1+. The Hall–Kier alpha value is -2.23. The van der Waals surface area contributed by atoms with Crippen molar-refractivity contribution in [1.29, 1.82) is 0 Å². The quantitative estimate of drug-likeness (QED) is 0.550. The van der Waals surface area contributed by atoms with Gasteiger partial charge in [-0.05, 0) is 26.6 Å². The molecule has 1 aliphatic heterocycles. The van der Waals surface area contributed by atoms with Crippen molar-refractivity contribution >= 4 is 40.7 Å². The maximum atomic E-state index is 9.55. The Labute approximate surface area is 168 Å². The van der Waals surface area contributed by atoms with Crippen molar-refractivity contribution in [3.8, 4) is 5.88 Å². The first kappa shape index (κ1) is 22.8. The lowest BCUT2D eigenvalue weighted by atomic mass is 10.2. The van der Waals surface area contributed by atoms with E-state index in [1.165, 1.54) is 0 Å². The number of carbonyl (C=O) groups is 2. The Morgan fingerprint density at radius 2 is 2.00 bits per heavy atom. The number of nitrogens with zero attached hydrogens (tertiary/aromatic N) is 3. The summed E-state index contributed by atoms with van der Waals surface area (Å²) < 4.78 is 5.98. The fourth-order valence-corrected chi connectivity index (χ4v) is 2.54. The number of carboxylic acid groups (broad SMARTS) is 2. The van der Waals surface area contributed by atoms with Crippen LogP contribution in [0.5, 0.6) is 5.88 Å². The molecule has 0 amide bonds. The smallest absolute Gasteiger partial charge is 0.328 e. The van der Waals surface area contributed by atoms with E-state index in [1.54, 1.807) is 6.20 Å². The van der Waals surface area contributed by atoms with Gasteiger partial charge in [0, 0.05) is 31.9 Å². The topological polar surface area (TPSA) is 103 Å². The van der Waals surface area contributed by atoms with Crippen molar-refractivity contribution in [3.63, 3.8) is 0 Å². The maximum Gasteiger partial charge on any atom is 0.328 e. The molecular weight excluding hydrogens is 394 g/mol. The first-order valence-corrected chi connectivity index (χ1v) is 8.75. The molecule has 0 aliphatic carbocycles. The molecule has 2 N–H and O–H groups in total. The summed E-state index contributed by atoms with van der Waals surface area (Å²) in [6.07, 6.45) is 3.73. The maximum absolute atomic E-state index is 9.55. The SMILES string of the molecule is CN(C)CCC1CN(C)C(=S)c2cc(Cl)cnc2O1.O=C(O)/C=C/C(=O)O. The van der Waals surface area contributed by atoms with Crippen molar-refractivity contribution in [3.05, 3.63) is 35.0 Å². The van der Waals surface area contributed by atoms with Crippen LogP contribution in [0.1, 0.15) is 12.0 Å². The average Bonchev–Trinajstić information content (AvgIpc) is 2.69. The van der Waals surface area contributed by atoms with E-state index in [1.807, 2.05) is 18.0 Å². The summed E-state index contributed by atoms with van der Waals surface area (Å²) in [6.45, 7) is 1.73. The summed E-state index contributed by atoms with van der Waals surface area (Å²) in [5, 5.41) is 16.2. The highest BCUT2D eigenvalue weighted by molar-refractivity contribution is 7.80. The van der Waals surface area contributed by atoms with Crippen molar-refractivity contribution in [1.82, 2.24) is 14.8 Å². The van der Waals surface area contributed by atoms with E-state index in [0.29, 0.717) is 23.1 Å². The van der Waals surface area contributed by atoms with Crippen LogP contribution >= 0.6 is 23.8 Å². The molecule has 1 aromatic rings. The van der Waals surface area contributed by atoms with Crippen molar-refractivity contribution in [2.24, 2.45) is 0 Å². The van der Waals surface area contributed by atoms with E-state index >= 15 is 0 Å². The summed E-state index contributed by atoms with van der Waals surface area (Å²) in [4.78, 5) is 28.3. The molecule has 0 bridgehead atoms. The van der Waals surface area contributed by atoms with E-state index in [0.717, 1.165) is 30.1 Å². The average molecular weight is 416 g/mol. The molecule has 2 rings (SSSR count). The third kappa shape index (κ3) is 8.33. The van der Waals surface area contributed by atoms with Gasteiger partial charge in [-0.2, -0.15) is 0 Å². The van der Waals surface area contributed by atoms with Crippen LogP contribution in [0.25, 0.3) is 0 Å². The number of hydrogen-bond donors (Lipinski definition) is 2. The number of ether oxygens (including phenoxy) is 1. The third-order valence-corrected chi connectivity index (χ3v) is 4.16. The van der Waals surface area contributed by atoms with E-state index in [4.69, 9.17) is 38.8 Å². The number of carboxylic acids is 2. The van der Waals surface area contributed by atoms with E-state index < -0.39 is 11.9 Å². The minimum atomic E-state index is -1.26. The zero-order valence-corrected chi connectivity index (χ0v) is 16.8. The summed E-state index contributed by atoms with van der Waals surface area (Å²) in [5.74, 6) is -1.93. The van der Waals surface area contributed by atoms with Gasteiger partial charge in [-0.3, -0.25) is 0 Å². The summed E-state index contributed by atoms with van der Waals surface area (Å²) >= 11 is 11.4. The number of likely N-dealkylation sites (N-methyl/N-ethyl adjacent to an activating group) is 1. The van der Waals surface area contributed by atoms with Crippen molar-refractivity contribution in [2.75, 3.05) is 34.2 Å². The van der Waals surface area contributed by atoms with Gasteiger partial charge in [-0.15, -0.1) is 0 Å². The molecule has 1 aliphatic rings. The Bertz CT molecular complexity index is 711. The van der Waals surface area contributed by atoms with Gasteiger partial charge >= 0.3 is 11.9 Å². The molecule has 10 heteroatoms. The monoisotopic (exact) mass is 415 g/mol. The first-order chi connectivity index (χ1) is 12.6.